The number of aromatic nitrogens is 2. The van der Waals surface area contributed by atoms with Crippen molar-refractivity contribution < 1.29 is 0 Å². The molecule has 2 aromatic heterocycles. The number of thiophene rings is 1. The molecular formula is C13H20N4S. The molecule has 0 aliphatic rings. The summed E-state index contributed by atoms with van der Waals surface area (Å²) in [5.41, 5.74) is 5.27. The summed E-state index contributed by atoms with van der Waals surface area (Å²) in [7, 11) is 1.95. The molecule has 3 N–H and O–H groups in total. The van der Waals surface area contributed by atoms with Crippen molar-refractivity contribution in [1.82, 2.24) is 15.2 Å². The first-order valence-electron chi connectivity index (χ1n) is 6.25. The van der Waals surface area contributed by atoms with Gasteiger partial charge in [0.25, 0.3) is 0 Å². The molecule has 0 saturated carbocycles. The standard InChI is InChI=1S/C13H20N4S/c1-3-12-11(9-17(2)16-12)13(15-14)7-6-10-5-4-8-18-10/h4-5,8-9,13,15H,3,6-7,14H2,1-2H3. The number of aryl methyl sites for hydroxylation is 3. The summed E-state index contributed by atoms with van der Waals surface area (Å²) in [6, 6.07) is 4.44. The summed E-state index contributed by atoms with van der Waals surface area (Å²) < 4.78 is 1.86. The highest BCUT2D eigenvalue weighted by molar-refractivity contribution is 7.09. The fourth-order valence-electron chi connectivity index (χ4n) is 2.19. The molecule has 1 atom stereocenters. The number of nitrogens with zero attached hydrogens (tertiary/aromatic N) is 2. The Labute approximate surface area is 112 Å². The van der Waals surface area contributed by atoms with Crippen LogP contribution in [0.4, 0.5) is 0 Å². The molecule has 0 aromatic carbocycles. The maximum atomic E-state index is 5.69. The quantitative estimate of drug-likeness (QED) is 0.621. The molecule has 1 unspecified atom stereocenters. The largest absolute Gasteiger partial charge is 0.275 e. The minimum Gasteiger partial charge on any atom is -0.275 e. The van der Waals surface area contributed by atoms with Crippen LogP contribution in [0.5, 0.6) is 0 Å². The van der Waals surface area contributed by atoms with Crippen LogP contribution in [-0.2, 0) is 19.9 Å². The van der Waals surface area contributed by atoms with E-state index in [1.807, 2.05) is 11.7 Å². The summed E-state index contributed by atoms with van der Waals surface area (Å²) >= 11 is 1.80. The van der Waals surface area contributed by atoms with Crippen LogP contribution in [0.25, 0.3) is 0 Å². The highest BCUT2D eigenvalue weighted by atomic mass is 32.1. The van der Waals surface area contributed by atoms with Crippen LogP contribution in [0.15, 0.2) is 23.7 Å². The van der Waals surface area contributed by atoms with Gasteiger partial charge in [0, 0.05) is 29.7 Å². The van der Waals surface area contributed by atoms with E-state index in [9.17, 15) is 0 Å². The van der Waals surface area contributed by atoms with E-state index in [4.69, 9.17) is 5.84 Å². The third kappa shape index (κ3) is 2.98. The number of rotatable bonds is 6. The molecule has 5 heteroatoms. The van der Waals surface area contributed by atoms with Gasteiger partial charge in [-0.3, -0.25) is 16.0 Å². The minimum atomic E-state index is 0.177. The lowest BCUT2D eigenvalue weighted by Gasteiger charge is -2.15. The highest BCUT2D eigenvalue weighted by Crippen LogP contribution is 2.23. The van der Waals surface area contributed by atoms with E-state index >= 15 is 0 Å². The molecule has 0 aliphatic heterocycles. The van der Waals surface area contributed by atoms with Gasteiger partial charge in [0.05, 0.1) is 5.69 Å². The van der Waals surface area contributed by atoms with Crippen molar-refractivity contribution in [3.63, 3.8) is 0 Å². The maximum Gasteiger partial charge on any atom is 0.0670 e. The summed E-state index contributed by atoms with van der Waals surface area (Å²) in [6.07, 6.45) is 5.05. The summed E-state index contributed by atoms with van der Waals surface area (Å²) in [6.45, 7) is 2.12. The molecule has 2 heterocycles. The second kappa shape index (κ2) is 6.13. The van der Waals surface area contributed by atoms with Gasteiger partial charge in [0.2, 0.25) is 0 Å². The van der Waals surface area contributed by atoms with Crippen LogP contribution in [-0.4, -0.2) is 9.78 Å². The van der Waals surface area contributed by atoms with E-state index in [0.29, 0.717) is 0 Å². The van der Waals surface area contributed by atoms with Crippen LogP contribution in [0.3, 0.4) is 0 Å². The van der Waals surface area contributed by atoms with Crippen molar-refractivity contribution in [3.8, 4) is 0 Å². The van der Waals surface area contributed by atoms with Crippen LogP contribution in [0.2, 0.25) is 0 Å². The molecule has 98 valence electrons. The van der Waals surface area contributed by atoms with E-state index in [1.54, 1.807) is 11.3 Å². The van der Waals surface area contributed by atoms with Gasteiger partial charge in [0.15, 0.2) is 0 Å². The summed E-state index contributed by atoms with van der Waals surface area (Å²) in [4.78, 5) is 1.40. The van der Waals surface area contributed by atoms with Gasteiger partial charge in [-0.1, -0.05) is 13.0 Å². The van der Waals surface area contributed by atoms with Crippen LogP contribution < -0.4 is 11.3 Å². The Morgan fingerprint density at radius 3 is 3.00 bits per heavy atom. The third-order valence-electron chi connectivity index (χ3n) is 3.11. The zero-order valence-electron chi connectivity index (χ0n) is 10.9. The second-order valence-electron chi connectivity index (χ2n) is 4.40. The second-order valence-corrected chi connectivity index (χ2v) is 5.43. The predicted octanol–water partition coefficient (Wildman–Crippen LogP) is 2.18. The average molecular weight is 264 g/mol. The SMILES string of the molecule is CCc1nn(C)cc1C(CCc1cccs1)NN. The number of hydrogen-bond donors (Lipinski definition) is 2. The van der Waals surface area contributed by atoms with Crippen LogP contribution in [0.1, 0.15) is 35.5 Å². The van der Waals surface area contributed by atoms with Crippen molar-refractivity contribution in [2.75, 3.05) is 0 Å². The van der Waals surface area contributed by atoms with E-state index in [1.165, 1.54) is 10.4 Å². The molecule has 0 bridgehead atoms. The Morgan fingerprint density at radius 2 is 2.39 bits per heavy atom. The lowest BCUT2D eigenvalue weighted by atomic mass is 10.0. The first-order chi connectivity index (χ1) is 8.74. The van der Waals surface area contributed by atoms with E-state index in [2.05, 4.69) is 41.2 Å². The summed E-state index contributed by atoms with van der Waals surface area (Å²) in [5, 5.41) is 6.58. The zero-order chi connectivity index (χ0) is 13.0. The molecule has 0 aliphatic carbocycles. The topological polar surface area (TPSA) is 55.9 Å². The van der Waals surface area contributed by atoms with Crippen molar-refractivity contribution in [2.24, 2.45) is 12.9 Å². The summed E-state index contributed by atoms with van der Waals surface area (Å²) in [5.74, 6) is 5.69. The van der Waals surface area contributed by atoms with E-state index in [0.717, 1.165) is 25.0 Å². The number of hydrogen-bond acceptors (Lipinski definition) is 4. The van der Waals surface area contributed by atoms with Gasteiger partial charge in [-0.2, -0.15) is 5.10 Å². The molecule has 2 aromatic rings. The van der Waals surface area contributed by atoms with Crippen molar-refractivity contribution in [1.29, 1.82) is 0 Å². The molecule has 0 fully saturated rings. The monoisotopic (exact) mass is 264 g/mol. The van der Waals surface area contributed by atoms with E-state index < -0.39 is 0 Å². The lowest BCUT2D eigenvalue weighted by molar-refractivity contribution is 0.514. The smallest absolute Gasteiger partial charge is 0.0670 e. The van der Waals surface area contributed by atoms with Gasteiger partial charge in [-0.05, 0) is 30.7 Å². The molecule has 0 radical (unpaired) electrons. The molecule has 18 heavy (non-hydrogen) atoms. The van der Waals surface area contributed by atoms with Gasteiger partial charge < -0.3 is 0 Å². The van der Waals surface area contributed by atoms with Gasteiger partial charge in [-0.25, -0.2) is 0 Å². The normalized spacial score (nSPS) is 12.8. The molecule has 0 spiro atoms. The Hall–Kier alpha value is -1.17. The fraction of sp³-hybridized carbons (Fsp3) is 0.462. The Bertz CT molecular complexity index is 475. The Balaban J connectivity index is 2.07. The van der Waals surface area contributed by atoms with Crippen LogP contribution in [0, 0.1) is 0 Å². The Kier molecular flexibility index (Phi) is 4.52. The number of nitrogens with two attached hydrogens (primary N) is 1. The van der Waals surface area contributed by atoms with Gasteiger partial charge in [0.1, 0.15) is 0 Å². The van der Waals surface area contributed by atoms with Crippen LogP contribution >= 0.6 is 11.3 Å². The zero-order valence-corrected chi connectivity index (χ0v) is 11.7. The van der Waals surface area contributed by atoms with Crippen molar-refractivity contribution in [3.05, 3.63) is 39.8 Å². The first-order valence-corrected chi connectivity index (χ1v) is 7.13. The van der Waals surface area contributed by atoms with Gasteiger partial charge in [-0.15, -0.1) is 11.3 Å². The molecule has 0 saturated heterocycles. The Morgan fingerprint density at radius 1 is 1.56 bits per heavy atom. The lowest BCUT2D eigenvalue weighted by Crippen LogP contribution is -2.28. The minimum absolute atomic E-state index is 0.177. The molecule has 4 nitrogen and oxygen atoms in total. The highest BCUT2D eigenvalue weighted by Gasteiger charge is 2.16. The molecular weight excluding hydrogens is 244 g/mol. The van der Waals surface area contributed by atoms with Gasteiger partial charge >= 0.3 is 0 Å². The fourth-order valence-corrected chi connectivity index (χ4v) is 2.91. The predicted molar refractivity (Wildman–Crippen MR) is 75.3 cm³/mol. The molecule has 0 amide bonds. The van der Waals surface area contributed by atoms with Crippen molar-refractivity contribution >= 4 is 11.3 Å². The first kappa shape index (κ1) is 13.3. The average Bonchev–Trinajstić information content (AvgIpc) is 2.99. The van der Waals surface area contributed by atoms with Crippen molar-refractivity contribution in [2.45, 2.75) is 32.2 Å². The third-order valence-corrected chi connectivity index (χ3v) is 4.04. The van der Waals surface area contributed by atoms with E-state index in [-0.39, 0.29) is 6.04 Å². The molecule has 2 rings (SSSR count). The number of hydrazine groups is 1. The number of nitrogens with one attached hydrogen (secondary N) is 1. The maximum absolute atomic E-state index is 5.69.